The molecule has 1 atom stereocenters. The van der Waals surface area contributed by atoms with Gasteiger partial charge in [0, 0.05) is 10.8 Å². The molecule has 0 saturated heterocycles. The fourth-order valence-corrected chi connectivity index (χ4v) is 5.00. The summed E-state index contributed by atoms with van der Waals surface area (Å²) in [6.07, 6.45) is 17.8. The third-order valence-corrected chi connectivity index (χ3v) is 7.08. The van der Waals surface area contributed by atoms with E-state index in [0.717, 1.165) is 34.4 Å². The molecular formula is C32H44O3. The van der Waals surface area contributed by atoms with Crippen LogP contribution in [0.15, 0.2) is 54.6 Å². The van der Waals surface area contributed by atoms with Gasteiger partial charge < -0.3 is 9.84 Å². The number of rotatable bonds is 18. The molecule has 0 bridgehead atoms. The highest BCUT2D eigenvalue weighted by atomic mass is 16.5. The number of carbonyl (C=O) groups is 1. The lowest BCUT2D eigenvalue weighted by atomic mass is 10.0. The Morgan fingerprint density at radius 1 is 0.686 bits per heavy atom. The van der Waals surface area contributed by atoms with Gasteiger partial charge in [-0.15, -0.1) is 0 Å². The first-order chi connectivity index (χ1) is 17.2. The van der Waals surface area contributed by atoms with E-state index in [2.05, 4.69) is 25.1 Å². The first kappa shape index (κ1) is 27.0. The number of benzene rings is 3. The van der Waals surface area contributed by atoms with Gasteiger partial charge in [-0.25, -0.2) is 4.79 Å². The van der Waals surface area contributed by atoms with E-state index < -0.39 is 12.1 Å². The Morgan fingerprint density at radius 3 is 1.57 bits per heavy atom. The van der Waals surface area contributed by atoms with Gasteiger partial charge in [-0.3, -0.25) is 0 Å². The van der Waals surface area contributed by atoms with E-state index in [1.807, 2.05) is 36.4 Å². The zero-order valence-electron chi connectivity index (χ0n) is 21.6. The van der Waals surface area contributed by atoms with Gasteiger partial charge in [0.25, 0.3) is 0 Å². The summed E-state index contributed by atoms with van der Waals surface area (Å²) in [5.41, 5.74) is 0. The standard InChI is InChI=1S/C32H44O3/c1-2-3-4-5-6-7-8-9-10-11-12-13-14-15-24-30(32(33)34)35-31-28-22-18-16-20-26(28)25-27-21-17-19-23-29(27)31/h16-23,25,30H,2-15,24H2,1H3,(H,33,34). The van der Waals surface area contributed by atoms with Crippen molar-refractivity contribution in [3.05, 3.63) is 54.6 Å². The summed E-state index contributed by atoms with van der Waals surface area (Å²) in [5, 5.41) is 13.9. The van der Waals surface area contributed by atoms with Crippen molar-refractivity contribution < 1.29 is 14.6 Å². The molecule has 0 heterocycles. The average Bonchev–Trinajstić information content (AvgIpc) is 2.87. The number of hydrogen-bond donors (Lipinski definition) is 1. The van der Waals surface area contributed by atoms with Crippen molar-refractivity contribution in [2.75, 3.05) is 0 Å². The zero-order valence-corrected chi connectivity index (χ0v) is 21.6. The molecular weight excluding hydrogens is 432 g/mol. The molecule has 0 aliphatic rings. The maximum Gasteiger partial charge on any atom is 0.344 e. The van der Waals surface area contributed by atoms with Gasteiger partial charge in [-0.05, 0) is 29.7 Å². The van der Waals surface area contributed by atoms with Crippen molar-refractivity contribution in [2.24, 2.45) is 0 Å². The van der Waals surface area contributed by atoms with E-state index in [-0.39, 0.29) is 0 Å². The predicted molar refractivity (Wildman–Crippen MR) is 148 cm³/mol. The van der Waals surface area contributed by atoms with E-state index in [9.17, 15) is 9.90 Å². The van der Waals surface area contributed by atoms with Crippen LogP contribution in [-0.4, -0.2) is 17.2 Å². The normalized spacial score (nSPS) is 12.3. The van der Waals surface area contributed by atoms with Crippen molar-refractivity contribution in [1.29, 1.82) is 0 Å². The molecule has 0 aliphatic carbocycles. The Balaban J connectivity index is 1.39. The molecule has 3 heteroatoms. The topological polar surface area (TPSA) is 46.5 Å². The van der Waals surface area contributed by atoms with Crippen molar-refractivity contribution in [3.63, 3.8) is 0 Å². The van der Waals surface area contributed by atoms with Gasteiger partial charge in [0.1, 0.15) is 5.75 Å². The molecule has 1 N–H and O–H groups in total. The third kappa shape index (κ3) is 8.87. The number of hydrogen-bond acceptors (Lipinski definition) is 2. The zero-order chi connectivity index (χ0) is 24.7. The molecule has 0 spiro atoms. The Labute approximate surface area is 211 Å². The highest BCUT2D eigenvalue weighted by Crippen LogP contribution is 2.36. The first-order valence-electron chi connectivity index (χ1n) is 14.0. The van der Waals surface area contributed by atoms with Gasteiger partial charge in [0.05, 0.1) is 0 Å². The summed E-state index contributed by atoms with van der Waals surface area (Å²) in [6.45, 7) is 2.27. The van der Waals surface area contributed by atoms with Crippen LogP contribution < -0.4 is 4.74 Å². The van der Waals surface area contributed by atoms with Crippen LogP contribution in [0.25, 0.3) is 21.5 Å². The summed E-state index contributed by atoms with van der Waals surface area (Å²) in [7, 11) is 0. The van der Waals surface area contributed by atoms with Crippen LogP contribution in [0.2, 0.25) is 0 Å². The number of carboxylic acid groups (broad SMARTS) is 1. The van der Waals surface area contributed by atoms with Crippen LogP contribution in [-0.2, 0) is 4.79 Å². The van der Waals surface area contributed by atoms with Crippen LogP contribution in [0.5, 0.6) is 5.75 Å². The minimum absolute atomic E-state index is 0.547. The van der Waals surface area contributed by atoms with Gasteiger partial charge in [0.15, 0.2) is 6.10 Å². The molecule has 3 aromatic carbocycles. The van der Waals surface area contributed by atoms with Crippen LogP contribution >= 0.6 is 0 Å². The van der Waals surface area contributed by atoms with Crippen molar-refractivity contribution in [1.82, 2.24) is 0 Å². The lowest BCUT2D eigenvalue weighted by molar-refractivity contribution is -0.145. The molecule has 0 saturated carbocycles. The summed E-state index contributed by atoms with van der Waals surface area (Å²) in [5.74, 6) is -0.187. The Bertz CT molecular complexity index is 972. The Kier molecular flexibility index (Phi) is 11.9. The van der Waals surface area contributed by atoms with Crippen LogP contribution in [0.1, 0.15) is 103 Å². The SMILES string of the molecule is CCCCCCCCCCCCCCCCC(Oc1c2ccccc2cc2ccccc12)C(=O)O. The molecule has 3 aromatic rings. The quantitative estimate of drug-likeness (QED) is 0.147. The molecule has 35 heavy (non-hydrogen) atoms. The Hall–Kier alpha value is -2.55. The monoisotopic (exact) mass is 476 g/mol. The lowest BCUT2D eigenvalue weighted by Gasteiger charge is -2.19. The van der Waals surface area contributed by atoms with E-state index in [4.69, 9.17) is 4.74 Å². The fraction of sp³-hybridized carbons (Fsp3) is 0.531. The minimum Gasteiger partial charge on any atom is -0.479 e. The number of carboxylic acids is 1. The number of aliphatic carboxylic acids is 1. The molecule has 0 fully saturated rings. The Morgan fingerprint density at radius 2 is 1.11 bits per heavy atom. The van der Waals surface area contributed by atoms with Crippen LogP contribution in [0.4, 0.5) is 0 Å². The highest BCUT2D eigenvalue weighted by Gasteiger charge is 2.21. The molecule has 0 amide bonds. The summed E-state index contributed by atoms with van der Waals surface area (Å²) >= 11 is 0. The first-order valence-corrected chi connectivity index (χ1v) is 14.0. The van der Waals surface area contributed by atoms with E-state index in [1.54, 1.807) is 0 Å². The maximum absolute atomic E-state index is 12.0. The van der Waals surface area contributed by atoms with E-state index in [1.165, 1.54) is 77.0 Å². The number of unbranched alkanes of at least 4 members (excludes halogenated alkanes) is 13. The smallest absolute Gasteiger partial charge is 0.344 e. The van der Waals surface area contributed by atoms with E-state index >= 15 is 0 Å². The van der Waals surface area contributed by atoms with Gasteiger partial charge in [-0.2, -0.15) is 0 Å². The minimum atomic E-state index is -0.878. The van der Waals surface area contributed by atoms with Gasteiger partial charge in [0.2, 0.25) is 0 Å². The molecule has 0 aromatic heterocycles. The summed E-state index contributed by atoms with van der Waals surface area (Å²) in [4.78, 5) is 12.0. The van der Waals surface area contributed by atoms with Gasteiger partial charge in [-0.1, -0.05) is 139 Å². The largest absolute Gasteiger partial charge is 0.479 e. The second kappa shape index (κ2) is 15.4. The average molecular weight is 477 g/mol. The number of ether oxygens (including phenoxy) is 1. The maximum atomic E-state index is 12.0. The third-order valence-electron chi connectivity index (χ3n) is 7.08. The highest BCUT2D eigenvalue weighted by molar-refractivity contribution is 6.05. The molecule has 0 aliphatic heterocycles. The van der Waals surface area contributed by atoms with Crippen molar-refractivity contribution in [2.45, 2.75) is 109 Å². The molecule has 0 radical (unpaired) electrons. The predicted octanol–water partition coefficient (Wildman–Crippen LogP) is 9.70. The molecule has 1 unspecified atom stereocenters. The lowest BCUT2D eigenvalue weighted by Crippen LogP contribution is -2.27. The summed E-state index contributed by atoms with van der Waals surface area (Å²) in [6, 6.07) is 18.2. The van der Waals surface area contributed by atoms with Crippen LogP contribution in [0.3, 0.4) is 0 Å². The van der Waals surface area contributed by atoms with E-state index in [0.29, 0.717) is 12.2 Å². The molecule has 3 nitrogen and oxygen atoms in total. The fourth-order valence-electron chi connectivity index (χ4n) is 5.00. The number of fused-ring (bicyclic) bond motifs is 2. The van der Waals surface area contributed by atoms with Gasteiger partial charge >= 0.3 is 5.97 Å². The van der Waals surface area contributed by atoms with Crippen molar-refractivity contribution >= 4 is 27.5 Å². The molecule has 190 valence electrons. The summed E-state index contributed by atoms with van der Waals surface area (Å²) < 4.78 is 6.22. The molecule has 3 rings (SSSR count). The second-order valence-electron chi connectivity index (χ2n) is 9.98. The van der Waals surface area contributed by atoms with Crippen LogP contribution in [0, 0.1) is 0 Å². The second-order valence-corrected chi connectivity index (χ2v) is 9.98. The van der Waals surface area contributed by atoms with Crippen molar-refractivity contribution in [3.8, 4) is 5.75 Å².